The Morgan fingerprint density at radius 1 is 0.964 bits per heavy atom. The summed E-state index contributed by atoms with van der Waals surface area (Å²) in [6.07, 6.45) is 0. The predicted molar refractivity (Wildman–Crippen MR) is 112 cm³/mol. The van der Waals surface area contributed by atoms with Gasteiger partial charge in [-0.2, -0.15) is 0 Å². The molecule has 0 aromatic heterocycles. The smallest absolute Gasteiger partial charge is 0.241 e. The number of amides is 2. The van der Waals surface area contributed by atoms with Gasteiger partial charge in [0.25, 0.3) is 0 Å². The van der Waals surface area contributed by atoms with Gasteiger partial charge >= 0.3 is 0 Å². The van der Waals surface area contributed by atoms with Crippen LogP contribution in [0.1, 0.15) is 35.3 Å². The average Bonchev–Trinajstić information content (AvgIpc) is 2.64. The van der Waals surface area contributed by atoms with Crippen molar-refractivity contribution in [2.24, 2.45) is 0 Å². The second kappa shape index (κ2) is 9.28. The molecular formula is C22H27N3O3. The molecular weight excluding hydrogens is 354 g/mol. The number of hydrogen-bond donors (Lipinski definition) is 2. The number of ketones is 1. The molecule has 6 heteroatoms. The van der Waals surface area contributed by atoms with Crippen molar-refractivity contribution in [3.05, 3.63) is 59.2 Å². The summed E-state index contributed by atoms with van der Waals surface area (Å²) in [7, 11) is 1.73. The van der Waals surface area contributed by atoms with Crippen molar-refractivity contribution in [1.29, 1.82) is 0 Å². The molecule has 0 bridgehead atoms. The molecule has 2 aromatic carbocycles. The molecule has 1 unspecified atom stereocenters. The summed E-state index contributed by atoms with van der Waals surface area (Å²) < 4.78 is 0. The number of benzene rings is 2. The number of nitrogens with zero attached hydrogens (tertiary/aromatic N) is 1. The molecule has 28 heavy (non-hydrogen) atoms. The average molecular weight is 381 g/mol. The van der Waals surface area contributed by atoms with Crippen molar-refractivity contribution in [3.8, 4) is 0 Å². The summed E-state index contributed by atoms with van der Waals surface area (Å²) in [5.41, 5.74) is 4.00. The van der Waals surface area contributed by atoms with Gasteiger partial charge < -0.3 is 10.6 Å². The van der Waals surface area contributed by atoms with Crippen molar-refractivity contribution in [2.45, 2.75) is 33.7 Å². The fourth-order valence-electron chi connectivity index (χ4n) is 2.79. The molecule has 0 spiro atoms. The molecule has 0 saturated heterocycles. The van der Waals surface area contributed by atoms with Crippen LogP contribution in [0, 0.1) is 13.8 Å². The first-order valence-corrected chi connectivity index (χ1v) is 9.17. The van der Waals surface area contributed by atoms with Gasteiger partial charge in [-0.1, -0.05) is 18.2 Å². The maximum absolute atomic E-state index is 12.5. The van der Waals surface area contributed by atoms with Crippen molar-refractivity contribution < 1.29 is 14.4 Å². The van der Waals surface area contributed by atoms with Crippen LogP contribution in [0.2, 0.25) is 0 Å². The molecule has 2 N–H and O–H groups in total. The fourth-order valence-corrected chi connectivity index (χ4v) is 2.79. The van der Waals surface area contributed by atoms with Crippen molar-refractivity contribution >= 4 is 29.0 Å². The summed E-state index contributed by atoms with van der Waals surface area (Å²) in [6.45, 7) is 7.21. The maximum atomic E-state index is 12.5. The molecule has 0 aliphatic carbocycles. The monoisotopic (exact) mass is 381 g/mol. The Hall–Kier alpha value is -2.99. The summed E-state index contributed by atoms with van der Waals surface area (Å²) in [4.78, 5) is 37.9. The standard InChI is InChI=1S/C22H27N3O3/c1-14-7-6-8-15(2)21(14)24-20(27)13-25(5)16(3)22(28)23-19-11-9-18(10-12-19)17(4)26/h6-12,16H,13H2,1-5H3,(H,23,28)(H,24,27). The third kappa shape index (κ3) is 5.50. The summed E-state index contributed by atoms with van der Waals surface area (Å²) in [5.74, 6) is -0.427. The van der Waals surface area contributed by atoms with Crippen LogP contribution < -0.4 is 10.6 Å². The number of Topliss-reactive ketones (excluding diaryl/α,β-unsaturated/α-hetero) is 1. The summed E-state index contributed by atoms with van der Waals surface area (Å²) in [5, 5.41) is 5.73. The van der Waals surface area contributed by atoms with Crippen LogP contribution in [0.5, 0.6) is 0 Å². The van der Waals surface area contributed by atoms with Crippen LogP contribution in [-0.4, -0.2) is 42.1 Å². The first kappa shape index (κ1) is 21.3. The lowest BCUT2D eigenvalue weighted by molar-refractivity contribution is -0.122. The largest absolute Gasteiger partial charge is 0.325 e. The first-order valence-electron chi connectivity index (χ1n) is 9.17. The number of hydrogen-bond acceptors (Lipinski definition) is 4. The van der Waals surface area contributed by atoms with Gasteiger partial charge in [-0.25, -0.2) is 0 Å². The highest BCUT2D eigenvalue weighted by atomic mass is 16.2. The molecule has 148 valence electrons. The Morgan fingerprint density at radius 2 is 1.54 bits per heavy atom. The van der Waals surface area contributed by atoms with Crippen LogP contribution in [0.15, 0.2) is 42.5 Å². The Balaban J connectivity index is 1.93. The molecule has 1 atom stereocenters. The van der Waals surface area contributed by atoms with Crippen LogP contribution in [0.4, 0.5) is 11.4 Å². The fraction of sp³-hybridized carbons (Fsp3) is 0.318. The van der Waals surface area contributed by atoms with E-state index < -0.39 is 6.04 Å². The Bertz CT molecular complexity index is 855. The van der Waals surface area contributed by atoms with E-state index in [-0.39, 0.29) is 24.1 Å². The van der Waals surface area contributed by atoms with E-state index in [0.717, 1.165) is 16.8 Å². The zero-order chi connectivity index (χ0) is 20.8. The van der Waals surface area contributed by atoms with Crippen molar-refractivity contribution in [3.63, 3.8) is 0 Å². The van der Waals surface area contributed by atoms with E-state index >= 15 is 0 Å². The SMILES string of the molecule is CC(=O)c1ccc(NC(=O)C(C)N(C)CC(=O)Nc2c(C)cccc2C)cc1. The highest BCUT2D eigenvalue weighted by molar-refractivity contribution is 5.98. The normalized spacial score (nSPS) is 11.8. The van der Waals surface area contributed by atoms with Gasteiger partial charge in [0.1, 0.15) is 0 Å². The minimum absolute atomic E-state index is 0.0270. The predicted octanol–water partition coefficient (Wildman–Crippen LogP) is 3.40. The van der Waals surface area contributed by atoms with Gasteiger partial charge in [0.15, 0.2) is 5.78 Å². The van der Waals surface area contributed by atoms with Gasteiger partial charge in [0.2, 0.25) is 11.8 Å². The zero-order valence-corrected chi connectivity index (χ0v) is 17.0. The number of carbonyl (C=O) groups is 3. The lowest BCUT2D eigenvalue weighted by atomic mass is 10.1. The van der Waals surface area contributed by atoms with Crippen LogP contribution in [0.3, 0.4) is 0 Å². The topological polar surface area (TPSA) is 78.5 Å². The van der Waals surface area contributed by atoms with Crippen molar-refractivity contribution in [2.75, 3.05) is 24.2 Å². The van der Waals surface area contributed by atoms with Gasteiger partial charge in [-0.3, -0.25) is 19.3 Å². The molecule has 0 fully saturated rings. The minimum Gasteiger partial charge on any atom is -0.325 e. The van der Waals surface area contributed by atoms with E-state index in [2.05, 4.69) is 10.6 Å². The highest BCUT2D eigenvalue weighted by Gasteiger charge is 2.21. The number of rotatable bonds is 7. The molecule has 0 aliphatic rings. The molecule has 2 aromatic rings. The van der Waals surface area contributed by atoms with E-state index in [0.29, 0.717) is 11.3 Å². The minimum atomic E-state index is -0.504. The van der Waals surface area contributed by atoms with Crippen LogP contribution in [-0.2, 0) is 9.59 Å². The van der Waals surface area contributed by atoms with E-state index in [4.69, 9.17) is 0 Å². The molecule has 6 nitrogen and oxygen atoms in total. The number of carbonyl (C=O) groups excluding carboxylic acids is 3. The molecule has 2 amide bonds. The van der Waals surface area contributed by atoms with E-state index in [9.17, 15) is 14.4 Å². The molecule has 0 saturated carbocycles. The van der Waals surface area contributed by atoms with E-state index in [1.807, 2.05) is 32.0 Å². The number of nitrogens with one attached hydrogen (secondary N) is 2. The number of aryl methyl sites for hydroxylation is 2. The van der Waals surface area contributed by atoms with E-state index in [1.54, 1.807) is 43.1 Å². The van der Waals surface area contributed by atoms with Gasteiger partial charge in [0.05, 0.1) is 12.6 Å². The highest BCUT2D eigenvalue weighted by Crippen LogP contribution is 2.19. The lowest BCUT2D eigenvalue weighted by Crippen LogP contribution is -2.43. The summed E-state index contributed by atoms with van der Waals surface area (Å²) in [6, 6.07) is 12.1. The number of para-hydroxylation sites is 1. The molecule has 0 radical (unpaired) electrons. The second-order valence-electron chi connectivity index (χ2n) is 7.03. The van der Waals surface area contributed by atoms with Crippen molar-refractivity contribution in [1.82, 2.24) is 4.90 Å². The molecule has 0 aliphatic heterocycles. The number of anilines is 2. The maximum Gasteiger partial charge on any atom is 0.241 e. The summed E-state index contributed by atoms with van der Waals surface area (Å²) >= 11 is 0. The zero-order valence-electron chi connectivity index (χ0n) is 17.0. The first-order chi connectivity index (χ1) is 13.2. The Labute approximate surface area is 165 Å². The van der Waals surface area contributed by atoms with Crippen LogP contribution in [0.25, 0.3) is 0 Å². The van der Waals surface area contributed by atoms with Gasteiger partial charge in [-0.15, -0.1) is 0 Å². The molecule has 2 rings (SSSR count). The van der Waals surface area contributed by atoms with E-state index in [1.165, 1.54) is 6.92 Å². The quantitative estimate of drug-likeness (QED) is 0.721. The Kier molecular flexibility index (Phi) is 7.06. The van der Waals surface area contributed by atoms with Gasteiger partial charge in [-0.05, 0) is 70.1 Å². The third-order valence-corrected chi connectivity index (χ3v) is 4.74. The molecule has 0 heterocycles. The second-order valence-corrected chi connectivity index (χ2v) is 7.03. The number of likely N-dealkylation sites (N-methyl/N-ethyl adjacent to an activating group) is 1. The van der Waals surface area contributed by atoms with Crippen LogP contribution >= 0.6 is 0 Å². The van der Waals surface area contributed by atoms with Gasteiger partial charge in [0, 0.05) is 16.9 Å². The lowest BCUT2D eigenvalue weighted by Gasteiger charge is -2.23. The third-order valence-electron chi connectivity index (χ3n) is 4.74. The Morgan fingerprint density at radius 3 is 2.07 bits per heavy atom.